The Morgan fingerprint density at radius 3 is 2.86 bits per heavy atom. The Hall–Kier alpha value is -1.87. The normalized spacial score (nSPS) is 17.7. The second-order valence-corrected chi connectivity index (χ2v) is 5.93. The molecule has 1 atom stereocenters. The first kappa shape index (κ1) is 14.1. The topological polar surface area (TPSA) is 42.1 Å². The minimum atomic E-state index is 0.563. The maximum Gasteiger partial charge on any atom is 0.133 e. The van der Waals surface area contributed by atoms with Crippen molar-refractivity contribution in [2.75, 3.05) is 11.4 Å². The summed E-state index contributed by atoms with van der Waals surface area (Å²) in [5, 5.41) is 0. The molecule has 0 aliphatic carbocycles. The van der Waals surface area contributed by atoms with Gasteiger partial charge in [-0.05, 0) is 48.1 Å². The summed E-state index contributed by atoms with van der Waals surface area (Å²) in [6.45, 7) is 6.02. The van der Waals surface area contributed by atoms with Crippen LogP contribution in [0.3, 0.4) is 0 Å². The molecule has 3 nitrogen and oxygen atoms in total. The van der Waals surface area contributed by atoms with E-state index in [0.29, 0.717) is 12.5 Å². The highest BCUT2D eigenvalue weighted by molar-refractivity contribution is 5.66. The Labute approximate surface area is 126 Å². The van der Waals surface area contributed by atoms with Gasteiger partial charge in [0.1, 0.15) is 5.82 Å². The molecule has 0 bridgehead atoms. The monoisotopic (exact) mass is 281 g/mol. The van der Waals surface area contributed by atoms with Crippen molar-refractivity contribution < 1.29 is 0 Å². The van der Waals surface area contributed by atoms with Gasteiger partial charge in [0.15, 0.2) is 0 Å². The number of aromatic nitrogens is 1. The van der Waals surface area contributed by atoms with Crippen LogP contribution in [0, 0.1) is 5.92 Å². The Morgan fingerprint density at radius 2 is 2.10 bits per heavy atom. The summed E-state index contributed by atoms with van der Waals surface area (Å²) in [6.07, 6.45) is 2.08. The van der Waals surface area contributed by atoms with Gasteiger partial charge in [0, 0.05) is 24.5 Å². The minimum absolute atomic E-state index is 0.563. The van der Waals surface area contributed by atoms with E-state index in [9.17, 15) is 0 Å². The highest BCUT2D eigenvalue weighted by atomic mass is 15.2. The number of para-hydroxylation sites is 1. The van der Waals surface area contributed by atoms with Crippen molar-refractivity contribution in [2.24, 2.45) is 11.7 Å². The standard InChI is InChI=1S/C18H23N3/c1-3-16-9-14(11-19)10-18(20-16)21-12-13(2)8-15-6-4-5-7-17(15)21/h4-7,9-10,13H,3,8,11-12,19H2,1-2H3. The van der Waals surface area contributed by atoms with Crippen LogP contribution in [0.25, 0.3) is 0 Å². The molecule has 0 saturated heterocycles. The van der Waals surface area contributed by atoms with Crippen LogP contribution in [0.2, 0.25) is 0 Å². The maximum atomic E-state index is 5.85. The van der Waals surface area contributed by atoms with E-state index in [4.69, 9.17) is 10.7 Å². The van der Waals surface area contributed by atoms with Gasteiger partial charge in [-0.3, -0.25) is 0 Å². The molecule has 0 spiro atoms. The van der Waals surface area contributed by atoms with Crippen LogP contribution >= 0.6 is 0 Å². The molecule has 110 valence electrons. The van der Waals surface area contributed by atoms with Crippen molar-refractivity contribution in [3.8, 4) is 0 Å². The molecule has 21 heavy (non-hydrogen) atoms. The van der Waals surface area contributed by atoms with E-state index in [2.05, 4.69) is 55.1 Å². The predicted octanol–water partition coefficient (Wildman–Crippen LogP) is 3.43. The number of nitrogens with two attached hydrogens (primary N) is 1. The molecule has 3 heteroatoms. The van der Waals surface area contributed by atoms with Crippen LogP contribution in [0.4, 0.5) is 11.5 Å². The van der Waals surface area contributed by atoms with E-state index >= 15 is 0 Å². The number of hydrogen-bond acceptors (Lipinski definition) is 3. The van der Waals surface area contributed by atoms with Gasteiger partial charge in [0.25, 0.3) is 0 Å². The summed E-state index contributed by atoms with van der Waals surface area (Å²) in [7, 11) is 0. The number of nitrogens with zero attached hydrogens (tertiary/aromatic N) is 2. The molecule has 3 rings (SSSR count). The lowest BCUT2D eigenvalue weighted by Gasteiger charge is -2.34. The largest absolute Gasteiger partial charge is 0.326 e. The number of benzene rings is 1. The lowest BCUT2D eigenvalue weighted by molar-refractivity contribution is 0.559. The lowest BCUT2D eigenvalue weighted by Crippen LogP contribution is -2.31. The summed E-state index contributed by atoms with van der Waals surface area (Å²) < 4.78 is 0. The first-order chi connectivity index (χ1) is 10.2. The number of fused-ring (bicyclic) bond motifs is 1. The van der Waals surface area contributed by atoms with Crippen LogP contribution in [0.5, 0.6) is 0 Å². The van der Waals surface area contributed by atoms with E-state index < -0.39 is 0 Å². The molecule has 1 unspecified atom stereocenters. The second-order valence-electron chi connectivity index (χ2n) is 5.93. The van der Waals surface area contributed by atoms with Crippen LogP contribution in [0.1, 0.15) is 30.7 Å². The SMILES string of the molecule is CCc1cc(CN)cc(N2CC(C)Cc3ccccc32)n1. The molecule has 0 saturated carbocycles. The van der Waals surface area contributed by atoms with Gasteiger partial charge in [-0.15, -0.1) is 0 Å². The van der Waals surface area contributed by atoms with Crippen molar-refractivity contribution in [2.45, 2.75) is 33.2 Å². The van der Waals surface area contributed by atoms with Gasteiger partial charge >= 0.3 is 0 Å². The average molecular weight is 281 g/mol. The number of anilines is 2. The summed E-state index contributed by atoms with van der Waals surface area (Å²) >= 11 is 0. The molecule has 1 aromatic carbocycles. The molecule has 0 fully saturated rings. The van der Waals surface area contributed by atoms with E-state index in [1.807, 2.05) is 0 Å². The first-order valence-electron chi connectivity index (χ1n) is 7.76. The Kier molecular flexibility index (Phi) is 3.93. The highest BCUT2D eigenvalue weighted by Crippen LogP contribution is 2.34. The van der Waals surface area contributed by atoms with Gasteiger partial charge in [0.2, 0.25) is 0 Å². The Bertz CT molecular complexity index is 614. The Morgan fingerprint density at radius 1 is 1.29 bits per heavy atom. The van der Waals surface area contributed by atoms with Gasteiger partial charge in [0.05, 0.1) is 0 Å². The summed E-state index contributed by atoms with van der Waals surface area (Å²) in [6, 6.07) is 12.9. The van der Waals surface area contributed by atoms with E-state index in [0.717, 1.165) is 36.5 Å². The number of rotatable bonds is 3. The zero-order valence-electron chi connectivity index (χ0n) is 12.8. The zero-order valence-corrected chi connectivity index (χ0v) is 12.8. The maximum absolute atomic E-state index is 5.85. The molecule has 0 amide bonds. The highest BCUT2D eigenvalue weighted by Gasteiger charge is 2.23. The fourth-order valence-electron chi connectivity index (χ4n) is 3.08. The molecule has 1 aliphatic heterocycles. The smallest absolute Gasteiger partial charge is 0.133 e. The molecular weight excluding hydrogens is 258 g/mol. The zero-order chi connectivity index (χ0) is 14.8. The lowest BCUT2D eigenvalue weighted by atomic mass is 9.94. The van der Waals surface area contributed by atoms with Crippen LogP contribution in [-0.4, -0.2) is 11.5 Å². The predicted molar refractivity (Wildman–Crippen MR) is 87.8 cm³/mol. The van der Waals surface area contributed by atoms with Crippen LogP contribution in [0.15, 0.2) is 36.4 Å². The van der Waals surface area contributed by atoms with Crippen molar-refractivity contribution >= 4 is 11.5 Å². The number of aryl methyl sites for hydroxylation is 1. The third kappa shape index (κ3) is 2.79. The van der Waals surface area contributed by atoms with Crippen LogP contribution < -0.4 is 10.6 Å². The molecule has 2 aromatic rings. The van der Waals surface area contributed by atoms with Crippen LogP contribution in [-0.2, 0) is 19.4 Å². The summed E-state index contributed by atoms with van der Waals surface area (Å²) in [4.78, 5) is 7.18. The third-order valence-corrected chi connectivity index (χ3v) is 4.14. The van der Waals surface area contributed by atoms with E-state index in [1.54, 1.807) is 0 Å². The van der Waals surface area contributed by atoms with E-state index in [-0.39, 0.29) is 0 Å². The van der Waals surface area contributed by atoms with Gasteiger partial charge < -0.3 is 10.6 Å². The van der Waals surface area contributed by atoms with E-state index in [1.165, 1.54) is 11.3 Å². The molecule has 2 N–H and O–H groups in total. The number of hydrogen-bond donors (Lipinski definition) is 1. The molecular formula is C18H23N3. The Balaban J connectivity index is 2.08. The fourth-order valence-corrected chi connectivity index (χ4v) is 3.08. The van der Waals surface area contributed by atoms with Gasteiger partial charge in [-0.1, -0.05) is 32.0 Å². The fraction of sp³-hybridized carbons (Fsp3) is 0.389. The summed E-state index contributed by atoms with van der Waals surface area (Å²) in [5.41, 5.74) is 10.8. The van der Waals surface area contributed by atoms with Crippen molar-refractivity contribution in [1.82, 2.24) is 4.98 Å². The number of pyridine rings is 1. The molecule has 1 aromatic heterocycles. The minimum Gasteiger partial charge on any atom is -0.326 e. The average Bonchev–Trinajstić information content (AvgIpc) is 2.53. The third-order valence-electron chi connectivity index (χ3n) is 4.14. The van der Waals surface area contributed by atoms with Gasteiger partial charge in [-0.2, -0.15) is 0 Å². The molecule has 2 heterocycles. The second kappa shape index (κ2) is 5.86. The first-order valence-corrected chi connectivity index (χ1v) is 7.76. The molecule has 0 radical (unpaired) electrons. The van der Waals surface area contributed by atoms with Crippen molar-refractivity contribution in [3.05, 3.63) is 53.2 Å². The summed E-state index contributed by atoms with van der Waals surface area (Å²) in [5.74, 6) is 1.67. The van der Waals surface area contributed by atoms with Crippen molar-refractivity contribution in [1.29, 1.82) is 0 Å². The molecule has 1 aliphatic rings. The van der Waals surface area contributed by atoms with Crippen molar-refractivity contribution in [3.63, 3.8) is 0 Å². The quantitative estimate of drug-likeness (QED) is 0.937. The van der Waals surface area contributed by atoms with Gasteiger partial charge in [-0.25, -0.2) is 4.98 Å².